The van der Waals surface area contributed by atoms with Crippen molar-refractivity contribution in [2.75, 3.05) is 26.1 Å². The zero-order valence-electron chi connectivity index (χ0n) is 16.9. The number of nitrogens with one attached hydrogen (secondary N) is 1. The SMILES string of the molecule is COC(=O)c1ccc(NC(=O)CCN2C(=O)S/C(=C/c3ccc(OC)cc3)C2=O)cc1. The van der Waals surface area contributed by atoms with E-state index in [-0.39, 0.29) is 18.9 Å². The van der Waals surface area contributed by atoms with Crippen molar-refractivity contribution in [3.05, 3.63) is 64.6 Å². The van der Waals surface area contributed by atoms with Crippen LogP contribution >= 0.6 is 11.8 Å². The van der Waals surface area contributed by atoms with Crippen molar-refractivity contribution in [1.82, 2.24) is 4.90 Å². The van der Waals surface area contributed by atoms with Gasteiger partial charge in [0.25, 0.3) is 11.1 Å². The van der Waals surface area contributed by atoms with Gasteiger partial charge in [-0.05, 0) is 59.8 Å². The van der Waals surface area contributed by atoms with E-state index in [2.05, 4.69) is 10.1 Å². The molecule has 0 saturated carbocycles. The molecule has 0 atom stereocenters. The molecule has 8 nitrogen and oxygen atoms in total. The molecule has 2 aromatic carbocycles. The Morgan fingerprint density at radius 2 is 1.71 bits per heavy atom. The van der Waals surface area contributed by atoms with Crippen LogP contribution in [-0.2, 0) is 14.3 Å². The van der Waals surface area contributed by atoms with Gasteiger partial charge >= 0.3 is 5.97 Å². The van der Waals surface area contributed by atoms with Crippen molar-refractivity contribution in [2.24, 2.45) is 0 Å². The van der Waals surface area contributed by atoms with Gasteiger partial charge in [0.1, 0.15) is 5.75 Å². The first-order valence-electron chi connectivity index (χ1n) is 9.29. The van der Waals surface area contributed by atoms with Crippen molar-refractivity contribution in [3.8, 4) is 5.75 Å². The number of thioether (sulfide) groups is 1. The van der Waals surface area contributed by atoms with Crippen LogP contribution in [0.4, 0.5) is 10.5 Å². The second-order valence-corrected chi connectivity index (χ2v) is 7.47. The predicted molar refractivity (Wildman–Crippen MR) is 117 cm³/mol. The van der Waals surface area contributed by atoms with Crippen LogP contribution in [-0.4, -0.2) is 48.7 Å². The number of methoxy groups -OCH3 is 2. The van der Waals surface area contributed by atoms with Gasteiger partial charge in [-0.25, -0.2) is 4.79 Å². The number of amides is 3. The lowest BCUT2D eigenvalue weighted by Gasteiger charge is -2.12. The minimum atomic E-state index is -0.472. The summed E-state index contributed by atoms with van der Waals surface area (Å²) >= 11 is 0.840. The summed E-state index contributed by atoms with van der Waals surface area (Å²) in [5, 5.41) is 2.25. The fourth-order valence-corrected chi connectivity index (χ4v) is 3.65. The van der Waals surface area contributed by atoms with E-state index in [1.54, 1.807) is 49.6 Å². The average molecular weight is 440 g/mol. The lowest BCUT2D eigenvalue weighted by molar-refractivity contribution is -0.123. The molecule has 0 radical (unpaired) electrons. The van der Waals surface area contributed by atoms with Crippen LogP contribution in [0.15, 0.2) is 53.4 Å². The Labute approximate surface area is 183 Å². The molecule has 1 aliphatic heterocycles. The van der Waals surface area contributed by atoms with Gasteiger partial charge in [0.2, 0.25) is 5.91 Å². The standard InChI is InChI=1S/C22H20N2O6S/c1-29-17-9-3-14(4-10-17)13-18-20(26)24(22(28)31-18)12-11-19(25)23-16-7-5-15(6-8-16)21(27)30-2/h3-10,13H,11-12H2,1-2H3,(H,23,25)/b18-13+. The summed E-state index contributed by atoms with van der Waals surface area (Å²) in [6.07, 6.45) is 1.58. The van der Waals surface area contributed by atoms with Crippen LogP contribution in [0.5, 0.6) is 5.75 Å². The quantitative estimate of drug-likeness (QED) is 0.519. The molecule has 0 unspecified atom stereocenters. The third-order valence-corrected chi connectivity index (χ3v) is 5.35. The largest absolute Gasteiger partial charge is 0.497 e. The molecule has 160 valence electrons. The molecule has 1 fully saturated rings. The Morgan fingerprint density at radius 3 is 2.32 bits per heavy atom. The van der Waals surface area contributed by atoms with E-state index in [0.29, 0.717) is 21.9 Å². The first kappa shape index (κ1) is 22.1. The molecule has 1 saturated heterocycles. The van der Waals surface area contributed by atoms with Crippen LogP contribution in [0.1, 0.15) is 22.3 Å². The molecule has 9 heteroatoms. The summed E-state index contributed by atoms with van der Waals surface area (Å²) in [7, 11) is 2.85. The normalized spacial score (nSPS) is 14.6. The molecule has 0 bridgehead atoms. The molecule has 1 N–H and O–H groups in total. The summed E-state index contributed by atoms with van der Waals surface area (Å²) in [5.74, 6) is -0.568. The molecule has 0 aromatic heterocycles. The second kappa shape index (κ2) is 9.94. The third-order valence-electron chi connectivity index (χ3n) is 4.44. The summed E-state index contributed by atoms with van der Waals surface area (Å²) < 4.78 is 9.72. The molecule has 1 aliphatic rings. The number of imide groups is 1. The van der Waals surface area contributed by atoms with E-state index >= 15 is 0 Å². The number of anilines is 1. The molecule has 0 aliphatic carbocycles. The molecule has 3 rings (SSSR count). The molecule has 1 heterocycles. The highest BCUT2D eigenvalue weighted by atomic mass is 32.2. The van der Waals surface area contributed by atoms with E-state index in [1.807, 2.05) is 0 Å². The number of nitrogens with zero attached hydrogens (tertiary/aromatic N) is 1. The second-order valence-electron chi connectivity index (χ2n) is 6.47. The van der Waals surface area contributed by atoms with Crippen LogP contribution in [0, 0.1) is 0 Å². The minimum absolute atomic E-state index is 0.0311. The number of hydrogen-bond donors (Lipinski definition) is 1. The molecule has 0 spiro atoms. The van der Waals surface area contributed by atoms with Crippen molar-refractivity contribution in [2.45, 2.75) is 6.42 Å². The highest BCUT2D eigenvalue weighted by Crippen LogP contribution is 2.32. The van der Waals surface area contributed by atoms with E-state index in [4.69, 9.17) is 4.74 Å². The summed E-state index contributed by atoms with van der Waals surface area (Å²) in [5.41, 5.74) is 1.62. The lowest BCUT2D eigenvalue weighted by atomic mass is 10.2. The molecular weight excluding hydrogens is 420 g/mol. The van der Waals surface area contributed by atoms with Crippen molar-refractivity contribution in [3.63, 3.8) is 0 Å². The monoisotopic (exact) mass is 440 g/mol. The Bertz CT molecular complexity index is 1030. The maximum Gasteiger partial charge on any atom is 0.337 e. The smallest absolute Gasteiger partial charge is 0.337 e. The molecule has 3 amide bonds. The minimum Gasteiger partial charge on any atom is -0.497 e. The van der Waals surface area contributed by atoms with Gasteiger partial charge in [0, 0.05) is 18.7 Å². The number of esters is 1. The van der Waals surface area contributed by atoms with Gasteiger partial charge in [-0.15, -0.1) is 0 Å². The van der Waals surface area contributed by atoms with E-state index in [9.17, 15) is 19.2 Å². The summed E-state index contributed by atoms with van der Waals surface area (Å²) in [6.45, 7) is -0.0311. The van der Waals surface area contributed by atoms with Gasteiger partial charge < -0.3 is 14.8 Å². The number of ether oxygens (including phenoxy) is 2. The Kier molecular flexibility index (Phi) is 7.09. The first-order chi connectivity index (χ1) is 14.9. The zero-order valence-corrected chi connectivity index (χ0v) is 17.7. The third kappa shape index (κ3) is 5.52. The van der Waals surface area contributed by atoms with Gasteiger partial charge in [0.05, 0.1) is 24.7 Å². The number of carbonyl (C=O) groups is 4. The Morgan fingerprint density at radius 1 is 1.03 bits per heavy atom. The number of rotatable bonds is 7. The van der Waals surface area contributed by atoms with E-state index < -0.39 is 17.1 Å². The van der Waals surface area contributed by atoms with Gasteiger partial charge in [-0.2, -0.15) is 0 Å². The Hall–Kier alpha value is -3.59. The predicted octanol–water partition coefficient (Wildman–Crippen LogP) is 3.55. The number of benzene rings is 2. The fourth-order valence-electron chi connectivity index (χ4n) is 2.79. The van der Waals surface area contributed by atoms with Crippen LogP contribution in [0.2, 0.25) is 0 Å². The number of carbonyl (C=O) groups excluding carboxylic acids is 4. The van der Waals surface area contributed by atoms with Crippen LogP contribution < -0.4 is 10.1 Å². The topological polar surface area (TPSA) is 102 Å². The lowest BCUT2D eigenvalue weighted by Crippen LogP contribution is -2.31. The maximum absolute atomic E-state index is 12.6. The van der Waals surface area contributed by atoms with E-state index in [1.165, 1.54) is 19.2 Å². The zero-order chi connectivity index (χ0) is 22.4. The molecular formula is C22H20N2O6S. The first-order valence-corrected chi connectivity index (χ1v) is 10.1. The summed E-state index contributed by atoms with van der Waals surface area (Å²) in [4.78, 5) is 49.8. The van der Waals surface area contributed by atoms with E-state index in [0.717, 1.165) is 22.2 Å². The van der Waals surface area contributed by atoms with Gasteiger partial charge in [-0.3, -0.25) is 19.3 Å². The highest BCUT2D eigenvalue weighted by molar-refractivity contribution is 8.18. The molecule has 31 heavy (non-hydrogen) atoms. The van der Waals surface area contributed by atoms with Crippen molar-refractivity contribution in [1.29, 1.82) is 0 Å². The van der Waals surface area contributed by atoms with Crippen molar-refractivity contribution < 1.29 is 28.7 Å². The highest BCUT2D eigenvalue weighted by Gasteiger charge is 2.35. The van der Waals surface area contributed by atoms with Gasteiger partial charge in [0.15, 0.2) is 0 Å². The van der Waals surface area contributed by atoms with Crippen LogP contribution in [0.25, 0.3) is 6.08 Å². The fraction of sp³-hybridized carbons (Fsp3) is 0.182. The van der Waals surface area contributed by atoms with Crippen LogP contribution in [0.3, 0.4) is 0 Å². The van der Waals surface area contributed by atoms with Gasteiger partial charge in [-0.1, -0.05) is 12.1 Å². The summed E-state index contributed by atoms with van der Waals surface area (Å²) in [6, 6.07) is 13.3. The Balaban J connectivity index is 1.56. The van der Waals surface area contributed by atoms with Crippen molar-refractivity contribution >= 4 is 46.5 Å². The maximum atomic E-state index is 12.6. The number of hydrogen-bond acceptors (Lipinski definition) is 7. The average Bonchev–Trinajstić information content (AvgIpc) is 3.05. The molecule has 2 aromatic rings.